The predicted molar refractivity (Wildman–Crippen MR) is 110 cm³/mol. The molecule has 11 nitrogen and oxygen atoms in total. The van der Waals surface area contributed by atoms with Crippen molar-refractivity contribution in [3.8, 4) is 6.01 Å². The summed E-state index contributed by atoms with van der Waals surface area (Å²) in [6.07, 6.45) is 7.93. The third-order valence-corrected chi connectivity index (χ3v) is 4.95. The van der Waals surface area contributed by atoms with Gasteiger partial charge in [-0.15, -0.1) is 0 Å². The van der Waals surface area contributed by atoms with Gasteiger partial charge in [-0.05, 0) is 37.0 Å². The molecule has 0 bridgehead atoms. The van der Waals surface area contributed by atoms with Gasteiger partial charge in [0.25, 0.3) is 5.91 Å². The number of hydrogen-bond donors (Lipinski definition) is 3. The Kier molecular flexibility index (Phi) is 4.69. The average Bonchev–Trinajstić information content (AvgIpc) is 3.41. The topological polar surface area (TPSA) is 135 Å². The van der Waals surface area contributed by atoms with Gasteiger partial charge in [-0.1, -0.05) is 13.0 Å². The monoisotopic (exact) mass is 420 g/mol. The number of aryl methyl sites for hydroxylation is 1. The quantitative estimate of drug-likeness (QED) is 0.386. The van der Waals surface area contributed by atoms with Crippen molar-refractivity contribution >= 4 is 29.6 Å². The lowest BCUT2D eigenvalue weighted by molar-refractivity contribution is -0.115. The summed E-state index contributed by atoms with van der Waals surface area (Å²) >= 11 is 0. The number of urea groups is 1. The summed E-state index contributed by atoms with van der Waals surface area (Å²) in [7, 11) is 0. The number of anilines is 1. The highest BCUT2D eigenvalue weighted by molar-refractivity contribution is 6.14. The van der Waals surface area contributed by atoms with E-state index in [1.807, 2.05) is 18.3 Å². The molecule has 5 rings (SSSR count). The molecule has 0 aromatic carbocycles. The fourth-order valence-electron chi connectivity index (χ4n) is 3.07. The lowest BCUT2D eigenvalue weighted by atomic mass is 10.2. The molecule has 11 heteroatoms. The second kappa shape index (κ2) is 7.67. The van der Waals surface area contributed by atoms with Gasteiger partial charge in [-0.25, -0.2) is 4.79 Å². The van der Waals surface area contributed by atoms with Crippen LogP contribution in [0.2, 0.25) is 0 Å². The number of nitrogens with one attached hydrogen (secondary N) is 3. The maximum Gasteiger partial charge on any atom is 0.326 e. The first-order valence-corrected chi connectivity index (χ1v) is 10.0. The largest absolute Gasteiger partial charge is 0.457 e. The Hall–Kier alpha value is -4.02. The van der Waals surface area contributed by atoms with Crippen LogP contribution in [0.25, 0.3) is 11.7 Å². The highest BCUT2D eigenvalue weighted by Gasteiger charge is 2.26. The average molecular weight is 420 g/mol. The number of pyridine rings is 1. The van der Waals surface area contributed by atoms with Crippen LogP contribution in [-0.4, -0.2) is 42.5 Å². The molecule has 0 unspecified atom stereocenters. The van der Waals surface area contributed by atoms with Crippen LogP contribution >= 0.6 is 0 Å². The minimum absolute atomic E-state index is 0.123. The summed E-state index contributed by atoms with van der Waals surface area (Å²) < 4.78 is 7.37. The number of rotatable bonds is 7. The molecular formula is C20H20N8O3. The van der Waals surface area contributed by atoms with Gasteiger partial charge in [0.1, 0.15) is 12.3 Å². The van der Waals surface area contributed by atoms with Crippen LogP contribution in [0, 0.1) is 0 Å². The minimum Gasteiger partial charge on any atom is -0.457 e. The van der Waals surface area contributed by atoms with E-state index in [1.165, 1.54) is 6.08 Å². The van der Waals surface area contributed by atoms with Gasteiger partial charge in [-0.2, -0.15) is 19.6 Å². The van der Waals surface area contributed by atoms with Gasteiger partial charge < -0.3 is 15.4 Å². The lowest BCUT2D eigenvalue weighted by Crippen LogP contribution is -2.22. The fraction of sp³-hybridized carbons (Fsp3) is 0.300. The van der Waals surface area contributed by atoms with Crippen molar-refractivity contribution in [1.82, 2.24) is 35.2 Å². The molecular weight excluding hydrogens is 400 g/mol. The number of carbonyl (C=O) groups is 2. The molecule has 0 radical (unpaired) electrons. The number of carbonyl (C=O) groups excluding carboxylic acids is 2. The van der Waals surface area contributed by atoms with Crippen LogP contribution in [-0.2, 0) is 17.8 Å². The van der Waals surface area contributed by atoms with E-state index in [0.717, 1.165) is 30.5 Å². The van der Waals surface area contributed by atoms with E-state index in [2.05, 4.69) is 42.9 Å². The molecule has 1 aliphatic heterocycles. The Bertz CT molecular complexity index is 1200. The summed E-state index contributed by atoms with van der Waals surface area (Å²) in [5.74, 6) is -0.00541. The zero-order valence-electron chi connectivity index (χ0n) is 16.8. The Morgan fingerprint density at radius 3 is 2.77 bits per heavy atom. The van der Waals surface area contributed by atoms with Crippen molar-refractivity contribution < 1.29 is 14.3 Å². The molecule has 2 fully saturated rings. The second-order valence-corrected chi connectivity index (χ2v) is 7.35. The van der Waals surface area contributed by atoms with E-state index >= 15 is 0 Å². The van der Waals surface area contributed by atoms with Gasteiger partial charge >= 0.3 is 12.0 Å². The molecule has 4 heterocycles. The lowest BCUT2D eigenvalue weighted by Gasteiger charge is -2.09. The van der Waals surface area contributed by atoms with Crippen LogP contribution in [0.5, 0.6) is 6.01 Å². The Balaban J connectivity index is 1.46. The Morgan fingerprint density at radius 2 is 2.10 bits per heavy atom. The molecule has 31 heavy (non-hydrogen) atoms. The minimum atomic E-state index is -0.566. The maximum atomic E-state index is 11.9. The number of ether oxygens (including phenoxy) is 1. The summed E-state index contributed by atoms with van der Waals surface area (Å²) in [4.78, 5) is 36.6. The van der Waals surface area contributed by atoms with Crippen LogP contribution in [0.15, 0.2) is 30.2 Å². The normalized spacial score (nSPS) is 17.1. The number of fused-ring (bicyclic) bond motifs is 1. The molecule has 1 saturated heterocycles. The van der Waals surface area contributed by atoms with Crippen molar-refractivity contribution in [2.75, 3.05) is 5.32 Å². The second-order valence-electron chi connectivity index (χ2n) is 7.35. The highest BCUT2D eigenvalue weighted by Crippen LogP contribution is 2.26. The van der Waals surface area contributed by atoms with Crippen LogP contribution in [0.1, 0.15) is 36.6 Å². The molecule has 3 amide bonds. The molecule has 3 N–H and O–H groups in total. The molecule has 1 aliphatic carbocycles. The molecule has 2 aliphatic rings. The van der Waals surface area contributed by atoms with Crippen LogP contribution < -0.4 is 20.7 Å². The van der Waals surface area contributed by atoms with Crippen molar-refractivity contribution in [2.24, 2.45) is 0 Å². The fourth-order valence-corrected chi connectivity index (χ4v) is 3.07. The first-order valence-electron chi connectivity index (χ1n) is 10.0. The maximum absolute atomic E-state index is 11.9. The van der Waals surface area contributed by atoms with Gasteiger partial charge in [0.15, 0.2) is 5.65 Å². The molecule has 1 saturated carbocycles. The van der Waals surface area contributed by atoms with Crippen molar-refractivity contribution in [3.63, 3.8) is 0 Å². The molecule has 158 valence electrons. The molecule has 3 aromatic heterocycles. The SMILES string of the molecule is CCc1ccc(COc2nc(NC3CC3)n3ncc(C=C4NC(=O)NC4=O)c3n2)nc1. The van der Waals surface area contributed by atoms with Gasteiger partial charge in [0.05, 0.1) is 11.9 Å². The van der Waals surface area contributed by atoms with Gasteiger partial charge in [-0.3, -0.25) is 15.1 Å². The van der Waals surface area contributed by atoms with E-state index < -0.39 is 11.9 Å². The third-order valence-electron chi connectivity index (χ3n) is 4.95. The standard InChI is InChI=1S/C20H20N8O3/c1-2-11-3-4-14(21-8-11)10-31-20-25-16-12(7-15-17(29)26-19(30)24-15)9-22-28(16)18(27-20)23-13-5-6-13/h3-4,7-9,13H,2,5-6,10H2,1H3,(H,23,25,27)(H2,24,26,29,30). The van der Waals surface area contributed by atoms with E-state index in [1.54, 1.807) is 10.7 Å². The highest BCUT2D eigenvalue weighted by atomic mass is 16.5. The zero-order valence-corrected chi connectivity index (χ0v) is 16.8. The summed E-state index contributed by atoms with van der Waals surface area (Å²) in [5, 5.41) is 12.3. The van der Waals surface area contributed by atoms with Crippen molar-refractivity contribution in [3.05, 3.63) is 47.0 Å². The van der Waals surface area contributed by atoms with Crippen LogP contribution in [0.4, 0.5) is 10.7 Å². The molecule has 0 spiro atoms. The van der Waals surface area contributed by atoms with Crippen molar-refractivity contribution in [1.29, 1.82) is 0 Å². The summed E-state index contributed by atoms with van der Waals surface area (Å²) in [6.45, 7) is 2.29. The number of hydrogen-bond acceptors (Lipinski definition) is 8. The van der Waals surface area contributed by atoms with Crippen molar-refractivity contribution in [2.45, 2.75) is 38.8 Å². The van der Waals surface area contributed by atoms with E-state index in [-0.39, 0.29) is 18.3 Å². The number of nitrogens with zero attached hydrogens (tertiary/aromatic N) is 5. The first kappa shape index (κ1) is 19.0. The predicted octanol–water partition coefficient (Wildman–Crippen LogP) is 1.42. The number of amides is 3. The smallest absolute Gasteiger partial charge is 0.326 e. The van der Waals surface area contributed by atoms with Gasteiger partial charge in [0.2, 0.25) is 5.95 Å². The number of aromatic nitrogens is 5. The van der Waals surface area contributed by atoms with E-state index in [9.17, 15) is 9.59 Å². The Labute approximate surface area is 176 Å². The molecule has 0 atom stereocenters. The Morgan fingerprint density at radius 1 is 1.23 bits per heavy atom. The van der Waals surface area contributed by atoms with Gasteiger partial charge in [0, 0.05) is 17.8 Å². The molecule has 3 aromatic rings. The van der Waals surface area contributed by atoms with E-state index in [4.69, 9.17) is 4.74 Å². The third kappa shape index (κ3) is 4.02. The van der Waals surface area contributed by atoms with E-state index in [0.29, 0.717) is 23.2 Å². The summed E-state index contributed by atoms with van der Waals surface area (Å²) in [5.41, 5.74) is 3.03. The first-order chi connectivity index (χ1) is 15.1. The zero-order chi connectivity index (χ0) is 21.4. The van der Waals surface area contributed by atoms with Crippen LogP contribution in [0.3, 0.4) is 0 Å². The number of imide groups is 1. The summed E-state index contributed by atoms with van der Waals surface area (Å²) in [6, 6.07) is 3.86.